The summed E-state index contributed by atoms with van der Waals surface area (Å²) in [6, 6.07) is 7.40. The summed E-state index contributed by atoms with van der Waals surface area (Å²) in [5.74, 6) is -0.510. The van der Waals surface area contributed by atoms with Crippen LogP contribution in [0.5, 0.6) is 5.75 Å². The fraction of sp³-hybridized carbons (Fsp3) is 0.200. The SMILES string of the molecule is CCOc1c(C(=O)O)sc(-c2cccc(N)c2)c1C.O=CO. The number of nitrogen functional groups attached to an aromatic ring is 1. The van der Waals surface area contributed by atoms with Crippen molar-refractivity contribution in [1.29, 1.82) is 0 Å². The molecule has 0 bridgehead atoms. The molecule has 0 amide bonds. The number of rotatable bonds is 4. The summed E-state index contributed by atoms with van der Waals surface area (Å²) >= 11 is 1.22. The van der Waals surface area contributed by atoms with E-state index in [2.05, 4.69) is 0 Å². The van der Waals surface area contributed by atoms with Gasteiger partial charge in [0.25, 0.3) is 6.47 Å². The van der Waals surface area contributed by atoms with Crippen molar-refractivity contribution in [2.45, 2.75) is 13.8 Å². The molecule has 2 rings (SSSR count). The van der Waals surface area contributed by atoms with E-state index in [0.29, 0.717) is 18.0 Å². The molecule has 4 N–H and O–H groups in total. The Labute approximate surface area is 131 Å². The number of ether oxygens (including phenoxy) is 1. The third-order valence-corrected chi connectivity index (χ3v) is 4.03. The summed E-state index contributed by atoms with van der Waals surface area (Å²) in [5, 5.41) is 16.1. The smallest absolute Gasteiger partial charge is 0.349 e. The van der Waals surface area contributed by atoms with Gasteiger partial charge in [0.1, 0.15) is 5.75 Å². The minimum Gasteiger partial charge on any atom is -0.492 e. The number of hydrogen-bond donors (Lipinski definition) is 3. The first kappa shape index (κ1) is 17.5. The first-order chi connectivity index (χ1) is 10.5. The van der Waals surface area contributed by atoms with Gasteiger partial charge in [0.2, 0.25) is 0 Å². The summed E-state index contributed by atoms with van der Waals surface area (Å²) in [5.41, 5.74) is 8.17. The second-order valence-electron chi connectivity index (χ2n) is 4.18. The Hall–Kier alpha value is -2.54. The van der Waals surface area contributed by atoms with Gasteiger partial charge in [0, 0.05) is 16.1 Å². The number of hydrogen-bond acceptors (Lipinski definition) is 5. The summed E-state index contributed by atoms with van der Waals surface area (Å²) < 4.78 is 5.46. The molecule has 0 unspecified atom stereocenters. The van der Waals surface area contributed by atoms with Crippen molar-refractivity contribution < 1.29 is 24.5 Å². The lowest BCUT2D eigenvalue weighted by atomic mass is 10.1. The third kappa shape index (κ3) is 3.98. The first-order valence-electron chi connectivity index (χ1n) is 6.39. The van der Waals surface area contributed by atoms with Gasteiger partial charge in [-0.1, -0.05) is 12.1 Å². The van der Waals surface area contributed by atoms with Gasteiger partial charge < -0.3 is 20.7 Å². The van der Waals surface area contributed by atoms with E-state index in [-0.39, 0.29) is 11.3 Å². The zero-order chi connectivity index (χ0) is 16.7. The van der Waals surface area contributed by atoms with Crippen LogP contribution in [0.2, 0.25) is 0 Å². The third-order valence-electron chi connectivity index (χ3n) is 2.72. The molecule has 118 valence electrons. The maximum absolute atomic E-state index is 11.3. The number of aromatic carboxylic acids is 1. The summed E-state index contributed by atoms with van der Waals surface area (Å²) in [6.07, 6.45) is 0. The Kier molecular flexibility index (Phi) is 6.40. The van der Waals surface area contributed by atoms with E-state index in [1.54, 1.807) is 6.07 Å². The number of nitrogens with two attached hydrogens (primary N) is 1. The molecule has 7 heteroatoms. The van der Waals surface area contributed by atoms with Gasteiger partial charge in [-0.05, 0) is 31.5 Å². The van der Waals surface area contributed by atoms with Gasteiger partial charge in [-0.3, -0.25) is 4.79 Å². The quantitative estimate of drug-likeness (QED) is 0.589. The predicted octanol–water partition coefficient (Wildman–Crippen LogP) is 3.10. The molecular weight excluding hydrogens is 306 g/mol. The number of anilines is 1. The standard InChI is InChI=1S/C14H15NO3S.CH2O2/c1-3-18-11-8(2)12(19-13(11)14(16)17)9-5-4-6-10(15)7-9;2-1-3/h4-7H,3,15H2,1-2H3,(H,16,17);1H,(H,2,3). The molecule has 1 aromatic heterocycles. The van der Waals surface area contributed by atoms with Gasteiger partial charge in [-0.15, -0.1) is 11.3 Å². The lowest BCUT2D eigenvalue weighted by Crippen LogP contribution is -1.99. The minimum absolute atomic E-state index is 0.233. The predicted molar refractivity (Wildman–Crippen MR) is 85.7 cm³/mol. The minimum atomic E-state index is -0.966. The Morgan fingerprint density at radius 2 is 2.09 bits per heavy atom. The van der Waals surface area contributed by atoms with Gasteiger partial charge in [-0.25, -0.2) is 4.79 Å². The molecule has 0 radical (unpaired) electrons. The second-order valence-corrected chi connectivity index (χ2v) is 5.20. The molecule has 22 heavy (non-hydrogen) atoms. The van der Waals surface area contributed by atoms with E-state index in [1.807, 2.05) is 32.0 Å². The highest BCUT2D eigenvalue weighted by atomic mass is 32.1. The van der Waals surface area contributed by atoms with Crippen molar-refractivity contribution in [1.82, 2.24) is 0 Å². The lowest BCUT2D eigenvalue weighted by molar-refractivity contribution is -0.122. The van der Waals surface area contributed by atoms with Crippen LogP contribution < -0.4 is 10.5 Å². The van der Waals surface area contributed by atoms with Crippen LogP contribution in [0, 0.1) is 6.92 Å². The molecule has 0 aliphatic carbocycles. The largest absolute Gasteiger partial charge is 0.492 e. The van der Waals surface area contributed by atoms with E-state index in [1.165, 1.54) is 11.3 Å². The average molecular weight is 323 g/mol. The van der Waals surface area contributed by atoms with Crippen molar-refractivity contribution in [3.8, 4) is 16.2 Å². The van der Waals surface area contributed by atoms with Crippen LogP contribution in [0.25, 0.3) is 10.4 Å². The molecule has 6 nitrogen and oxygen atoms in total. The van der Waals surface area contributed by atoms with Crippen LogP contribution in [-0.4, -0.2) is 29.3 Å². The highest BCUT2D eigenvalue weighted by Gasteiger charge is 2.22. The Morgan fingerprint density at radius 1 is 1.45 bits per heavy atom. The van der Waals surface area contributed by atoms with Crippen LogP contribution in [0.1, 0.15) is 22.2 Å². The first-order valence-corrected chi connectivity index (χ1v) is 7.21. The van der Waals surface area contributed by atoms with E-state index < -0.39 is 5.97 Å². The zero-order valence-corrected chi connectivity index (χ0v) is 13.0. The number of carboxylic acids is 1. The normalized spacial score (nSPS) is 9.55. The van der Waals surface area contributed by atoms with Crippen molar-refractivity contribution >= 4 is 29.5 Å². The lowest BCUT2D eigenvalue weighted by Gasteiger charge is -2.04. The van der Waals surface area contributed by atoms with Gasteiger partial charge in [0.15, 0.2) is 4.88 Å². The Morgan fingerprint density at radius 3 is 2.59 bits per heavy atom. The van der Waals surface area contributed by atoms with E-state index >= 15 is 0 Å². The topological polar surface area (TPSA) is 110 Å². The fourth-order valence-electron chi connectivity index (χ4n) is 1.91. The summed E-state index contributed by atoms with van der Waals surface area (Å²) in [6.45, 7) is 3.89. The van der Waals surface area contributed by atoms with Crippen LogP contribution >= 0.6 is 11.3 Å². The molecule has 0 aliphatic heterocycles. The fourth-order valence-corrected chi connectivity index (χ4v) is 3.00. The Bertz CT molecular complexity index is 666. The number of carbonyl (C=O) groups is 2. The molecule has 1 heterocycles. The van der Waals surface area contributed by atoms with Gasteiger partial charge in [0.05, 0.1) is 6.61 Å². The van der Waals surface area contributed by atoms with Crippen LogP contribution in [0.3, 0.4) is 0 Å². The molecular formula is C15H17NO5S. The highest BCUT2D eigenvalue weighted by Crippen LogP contribution is 2.41. The average Bonchev–Trinajstić information content (AvgIpc) is 2.78. The van der Waals surface area contributed by atoms with Gasteiger partial charge in [-0.2, -0.15) is 0 Å². The molecule has 0 atom stereocenters. The van der Waals surface area contributed by atoms with Crippen molar-refractivity contribution in [2.75, 3.05) is 12.3 Å². The molecule has 0 saturated heterocycles. The van der Waals surface area contributed by atoms with Crippen molar-refractivity contribution in [3.63, 3.8) is 0 Å². The zero-order valence-electron chi connectivity index (χ0n) is 12.2. The molecule has 0 aliphatic rings. The second kappa shape index (κ2) is 8.04. The maximum atomic E-state index is 11.3. The number of carboxylic acid groups (broad SMARTS) is 2. The van der Waals surface area contributed by atoms with E-state index in [0.717, 1.165) is 16.0 Å². The number of thiophene rings is 1. The van der Waals surface area contributed by atoms with E-state index in [4.69, 9.17) is 20.4 Å². The number of benzene rings is 1. The van der Waals surface area contributed by atoms with Crippen LogP contribution in [-0.2, 0) is 4.79 Å². The van der Waals surface area contributed by atoms with Gasteiger partial charge >= 0.3 is 5.97 Å². The molecule has 0 spiro atoms. The van der Waals surface area contributed by atoms with Crippen molar-refractivity contribution in [2.24, 2.45) is 0 Å². The summed E-state index contributed by atoms with van der Waals surface area (Å²) in [7, 11) is 0. The Balaban J connectivity index is 0.000000745. The van der Waals surface area contributed by atoms with Crippen molar-refractivity contribution in [3.05, 3.63) is 34.7 Å². The summed E-state index contributed by atoms with van der Waals surface area (Å²) in [4.78, 5) is 20.7. The van der Waals surface area contributed by atoms with Crippen LogP contribution in [0.15, 0.2) is 24.3 Å². The molecule has 1 aromatic carbocycles. The maximum Gasteiger partial charge on any atom is 0.349 e. The highest BCUT2D eigenvalue weighted by molar-refractivity contribution is 7.18. The van der Waals surface area contributed by atoms with Crippen LogP contribution in [0.4, 0.5) is 5.69 Å². The monoisotopic (exact) mass is 323 g/mol. The molecule has 0 fully saturated rings. The molecule has 2 aromatic rings. The van der Waals surface area contributed by atoms with E-state index in [9.17, 15) is 9.90 Å². The molecule has 0 saturated carbocycles.